The molecule has 3 N–H and O–H groups in total. The van der Waals surface area contributed by atoms with Crippen LogP contribution in [0, 0.1) is 13.8 Å². The summed E-state index contributed by atoms with van der Waals surface area (Å²) in [6, 6.07) is 3.35. The summed E-state index contributed by atoms with van der Waals surface area (Å²) in [4.78, 5) is 0.300. The minimum atomic E-state index is -3.51. The van der Waals surface area contributed by atoms with Crippen molar-refractivity contribution in [2.75, 3.05) is 18.5 Å². The SMILES string of the molecule is CSC1(CNS(=O)(=O)c2cc(N)cc(C)c2C)CCCC1. The average molecular weight is 329 g/mol. The first-order valence-corrected chi connectivity index (χ1v) is 9.92. The minimum Gasteiger partial charge on any atom is -0.399 e. The Hall–Kier alpha value is -0.720. The lowest BCUT2D eigenvalue weighted by atomic mass is 10.1. The predicted molar refractivity (Wildman–Crippen MR) is 90.2 cm³/mol. The van der Waals surface area contributed by atoms with Gasteiger partial charge < -0.3 is 5.73 Å². The number of sulfonamides is 1. The van der Waals surface area contributed by atoms with Gasteiger partial charge in [-0.25, -0.2) is 13.1 Å². The molecular formula is C15H24N2O2S2. The van der Waals surface area contributed by atoms with Crippen LogP contribution < -0.4 is 10.5 Å². The Bertz CT molecular complexity index is 621. The smallest absolute Gasteiger partial charge is 0.240 e. The monoisotopic (exact) mass is 328 g/mol. The van der Waals surface area contributed by atoms with Crippen LogP contribution in [0.4, 0.5) is 5.69 Å². The van der Waals surface area contributed by atoms with Crippen molar-refractivity contribution >= 4 is 27.5 Å². The maximum Gasteiger partial charge on any atom is 0.240 e. The van der Waals surface area contributed by atoms with E-state index in [4.69, 9.17) is 5.73 Å². The molecule has 1 aromatic carbocycles. The molecule has 0 bridgehead atoms. The molecule has 0 heterocycles. The van der Waals surface area contributed by atoms with Gasteiger partial charge in [0.25, 0.3) is 0 Å². The van der Waals surface area contributed by atoms with Gasteiger partial charge in [0.1, 0.15) is 0 Å². The summed E-state index contributed by atoms with van der Waals surface area (Å²) in [6.45, 7) is 4.19. The first kappa shape index (κ1) is 16.6. The van der Waals surface area contributed by atoms with Gasteiger partial charge in [0.15, 0.2) is 0 Å². The molecule has 1 saturated carbocycles. The standard InChI is InChI=1S/C15H24N2O2S2/c1-11-8-13(16)9-14(12(11)2)21(18,19)17-10-15(20-3)6-4-5-7-15/h8-9,17H,4-7,10,16H2,1-3H3. The summed E-state index contributed by atoms with van der Waals surface area (Å²) >= 11 is 1.77. The molecule has 0 aromatic heterocycles. The van der Waals surface area contributed by atoms with E-state index < -0.39 is 10.0 Å². The second-order valence-corrected chi connectivity index (χ2v) is 8.89. The fraction of sp³-hybridized carbons (Fsp3) is 0.600. The zero-order chi connectivity index (χ0) is 15.7. The topological polar surface area (TPSA) is 72.2 Å². The van der Waals surface area contributed by atoms with Crippen molar-refractivity contribution in [3.63, 3.8) is 0 Å². The highest BCUT2D eigenvalue weighted by atomic mass is 32.2. The third-order valence-corrected chi connectivity index (χ3v) is 7.41. The predicted octanol–water partition coefficient (Wildman–Crippen LogP) is 2.84. The van der Waals surface area contributed by atoms with Crippen molar-refractivity contribution in [1.82, 2.24) is 4.72 Å². The zero-order valence-corrected chi connectivity index (χ0v) is 14.5. The van der Waals surface area contributed by atoms with Gasteiger partial charge >= 0.3 is 0 Å². The molecule has 0 spiro atoms. The molecule has 0 atom stereocenters. The van der Waals surface area contributed by atoms with Gasteiger partial charge in [0.2, 0.25) is 10.0 Å². The maximum absolute atomic E-state index is 12.6. The third kappa shape index (κ3) is 3.55. The molecule has 0 radical (unpaired) electrons. The second-order valence-electron chi connectivity index (χ2n) is 5.88. The van der Waals surface area contributed by atoms with Crippen LogP contribution in [0.2, 0.25) is 0 Å². The normalized spacial score (nSPS) is 18.0. The lowest BCUT2D eigenvalue weighted by Crippen LogP contribution is -2.38. The number of benzene rings is 1. The molecule has 4 nitrogen and oxygen atoms in total. The lowest BCUT2D eigenvalue weighted by Gasteiger charge is -2.27. The fourth-order valence-electron chi connectivity index (χ4n) is 2.91. The van der Waals surface area contributed by atoms with Crippen molar-refractivity contribution in [1.29, 1.82) is 0 Å². The molecule has 0 amide bonds. The van der Waals surface area contributed by atoms with E-state index in [2.05, 4.69) is 11.0 Å². The number of nitrogens with one attached hydrogen (secondary N) is 1. The van der Waals surface area contributed by atoms with Gasteiger partial charge in [0.05, 0.1) is 4.90 Å². The highest BCUT2D eigenvalue weighted by Crippen LogP contribution is 2.39. The Morgan fingerprint density at radius 1 is 1.29 bits per heavy atom. The summed E-state index contributed by atoms with van der Waals surface area (Å²) in [6.07, 6.45) is 6.57. The van der Waals surface area contributed by atoms with Gasteiger partial charge in [-0.05, 0) is 56.2 Å². The fourth-order valence-corrected chi connectivity index (χ4v) is 5.39. The van der Waals surface area contributed by atoms with Crippen LogP contribution in [0.3, 0.4) is 0 Å². The van der Waals surface area contributed by atoms with Crippen molar-refractivity contribution < 1.29 is 8.42 Å². The molecule has 118 valence electrons. The Labute approximate surface area is 131 Å². The van der Waals surface area contributed by atoms with Crippen LogP contribution in [0.1, 0.15) is 36.8 Å². The second kappa shape index (κ2) is 6.18. The summed E-state index contributed by atoms with van der Waals surface area (Å²) in [5.41, 5.74) is 7.95. The van der Waals surface area contributed by atoms with Crippen molar-refractivity contribution in [3.8, 4) is 0 Å². The van der Waals surface area contributed by atoms with Crippen molar-refractivity contribution in [2.24, 2.45) is 0 Å². The van der Waals surface area contributed by atoms with Crippen LogP contribution in [-0.4, -0.2) is 26.0 Å². The number of aryl methyl sites for hydroxylation is 1. The molecule has 2 rings (SSSR count). The number of hydrogen-bond acceptors (Lipinski definition) is 4. The Morgan fingerprint density at radius 3 is 2.48 bits per heavy atom. The molecule has 6 heteroatoms. The van der Waals surface area contributed by atoms with Crippen LogP contribution in [0.25, 0.3) is 0 Å². The van der Waals surface area contributed by atoms with Gasteiger partial charge in [-0.1, -0.05) is 12.8 Å². The van der Waals surface area contributed by atoms with Crippen LogP contribution >= 0.6 is 11.8 Å². The van der Waals surface area contributed by atoms with E-state index in [1.54, 1.807) is 23.9 Å². The van der Waals surface area contributed by atoms with Gasteiger partial charge in [-0.15, -0.1) is 0 Å². The lowest BCUT2D eigenvalue weighted by molar-refractivity contribution is 0.550. The molecule has 0 aliphatic heterocycles. The molecule has 21 heavy (non-hydrogen) atoms. The number of nitrogens with two attached hydrogens (primary N) is 1. The third-order valence-electron chi connectivity index (χ3n) is 4.46. The van der Waals surface area contributed by atoms with E-state index in [-0.39, 0.29) is 4.75 Å². The van der Waals surface area contributed by atoms with Gasteiger partial charge in [-0.3, -0.25) is 0 Å². The van der Waals surface area contributed by atoms with E-state index in [9.17, 15) is 8.42 Å². The number of rotatable bonds is 5. The molecule has 1 fully saturated rings. The summed E-state index contributed by atoms with van der Waals surface area (Å²) in [5, 5.41) is 0. The first-order chi connectivity index (χ1) is 9.80. The number of nitrogen functional groups attached to an aromatic ring is 1. The first-order valence-electron chi connectivity index (χ1n) is 7.21. The zero-order valence-electron chi connectivity index (χ0n) is 12.9. The van der Waals surface area contributed by atoms with Crippen molar-refractivity contribution in [2.45, 2.75) is 49.2 Å². The quantitative estimate of drug-likeness (QED) is 0.815. The van der Waals surface area contributed by atoms with E-state index in [0.717, 1.165) is 24.0 Å². The van der Waals surface area contributed by atoms with Crippen LogP contribution in [0.5, 0.6) is 0 Å². The molecular weight excluding hydrogens is 304 g/mol. The molecule has 0 unspecified atom stereocenters. The highest BCUT2D eigenvalue weighted by molar-refractivity contribution is 8.00. The molecule has 0 saturated heterocycles. The van der Waals surface area contributed by atoms with Crippen LogP contribution in [0.15, 0.2) is 17.0 Å². The Morgan fingerprint density at radius 2 is 1.90 bits per heavy atom. The summed E-state index contributed by atoms with van der Waals surface area (Å²) in [7, 11) is -3.51. The minimum absolute atomic E-state index is 0.0519. The average Bonchev–Trinajstić information content (AvgIpc) is 2.90. The van der Waals surface area contributed by atoms with E-state index in [0.29, 0.717) is 17.1 Å². The largest absolute Gasteiger partial charge is 0.399 e. The number of thioether (sulfide) groups is 1. The van der Waals surface area contributed by atoms with Gasteiger partial charge in [0, 0.05) is 17.0 Å². The number of hydrogen-bond donors (Lipinski definition) is 2. The van der Waals surface area contributed by atoms with E-state index >= 15 is 0 Å². The number of anilines is 1. The molecule has 1 aromatic rings. The summed E-state index contributed by atoms with van der Waals surface area (Å²) in [5.74, 6) is 0. The van der Waals surface area contributed by atoms with E-state index in [1.165, 1.54) is 12.8 Å². The highest BCUT2D eigenvalue weighted by Gasteiger charge is 2.34. The summed E-state index contributed by atoms with van der Waals surface area (Å²) < 4.78 is 28.0. The van der Waals surface area contributed by atoms with E-state index in [1.807, 2.05) is 13.8 Å². The van der Waals surface area contributed by atoms with Gasteiger partial charge in [-0.2, -0.15) is 11.8 Å². The van der Waals surface area contributed by atoms with Crippen LogP contribution in [-0.2, 0) is 10.0 Å². The molecule has 1 aliphatic carbocycles. The Balaban J connectivity index is 2.23. The van der Waals surface area contributed by atoms with Crippen molar-refractivity contribution in [3.05, 3.63) is 23.3 Å². The molecule has 1 aliphatic rings. The maximum atomic E-state index is 12.6. The Kier molecular flexibility index (Phi) is 4.90.